The quantitative estimate of drug-likeness (QED) is 0.771. The van der Waals surface area contributed by atoms with Crippen molar-refractivity contribution in [2.75, 3.05) is 13.1 Å². The molecular weight excluding hydrogens is 208 g/mol. The van der Waals surface area contributed by atoms with Crippen LogP contribution in [-0.2, 0) is 0 Å². The summed E-state index contributed by atoms with van der Waals surface area (Å²) in [6.07, 6.45) is 4.86. The van der Waals surface area contributed by atoms with Crippen molar-refractivity contribution >= 4 is 6.08 Å². The minimum atomic E-state index is -0.526. The zero-order valence-corrected chi connectivity index (χ0v) is 9.10. The lowest BCUT2D eigenvalue weighted by molar-refractivity contribution is 0.581. The van der Waals surface area contributed by atoms with Gasteiger partial charge in [0.1, 0.15) is 11.6 Å². The first-order valence-corrected chi connectivity index (χ1v) is 5.61. The van der Waals surface area contributed by atoms with Crippen LogP contribution in [0.5, 0.6) is 0 Å². The van der Waals surface area contributed by atoms with Gasteiger partial charge in [0.2, 0.25) is 0 Å². The average Bonchev–Trinajstić information content (AvgIpc) is 2.51. The Hall–Kier alpha value is -1.22. The molecule has 86 valence electrons. The van der Waals surface area contributed by atoms with Gasteiger partial charge in [-0.1, -0.05) is 11.6 Å². The lowest BCUT2D eigenvalue weighted by Crippen LogP contribution is -2.13. The largest absolute Gasteiger partial charge is 0.316 e. The molecule has 3 heteroatoms. The third-order valence-electron chi connectivity index (χ3n) is 2.80. The molecule has 0 spiro atoms. The van der Waals surface area contributed by atoms with Crippen molar-refractivity contribution < 1.29 is 8.78 Å². The zero-order chi connectivity index (χ0) is 11.4. The molecule has 0 aromatic heterocycles. The van der Waals surface area contributed by atoms with Crippen molar-refractivity contribution in [3.05, 3.63) is 41.0 Å². The Labute approximate surface area is 94.2 Å². The molecule has 0 saturated carbocycles. The Morgan fingerprint density at radius 1 is 1.12 bits per heavy atom. The van der Waals surface area contributed by atoms with Crippen molar-refractivity contribution in [1.82, 2.24) is 5.32 Å². The van der Waals surface area contributed by atoms with Crippen LogP contribution in [0.2, 0.25) is 0 Å². The molecule has 1 heterocycles. The predicted molar refractivity (Wildman–Crippen MR) is 61.1 cm³/mol. The summed E-state index contributed by atoms with van der Waals surface area (Å²) in [7, 11) is 0. The van der Waals surface area contributed by atoms with Crippen LogP contribution < -0.4 is 5.32 Å². The molecule has 0 unspecified atom stereocenters. The number of hydrogen-bond donors (Lipinski definition) is 1. The van der Waals surface area contributed by atoms with Gasteiger partial charge in [-0.2, -0.15) is 0 Å². The van der Waals surface area contributed by atoms with Crippen LogP contribution >= 0.6 is 0 Å². The van der Waals surface area contributed by atoms with E-state index in [9.17, 15) is 8.78 Å². The van der Waals surface area contributed by atoms with Gasteiger partial charge in [-0.15, -0.1) is 0 Å². The first-order valence-electron chi connectivity index (χ1n) is 5.61. The Bertz CT molecular complexity index is 389. The van der Waals surface area contributed by atoms with E-state index in [1.54, 1.807) is 0 Å². The Balaban J connectivity index is 2.20. The number of hydrogen-bond acceptors (Lipinski definition) is 1. The van der Waals surface area contributed by atoms with Crippen molar-refractivity contribution in [2.45, 2.75) is 19.3 Å². The van der Waals surface area contributed by atoms with E-state index in [2.05, 4.69) is 5.32 Å². The zero-order valence-electron chi connectivity index (χ0n) is 9.10. The molecule has 1 aromatic rings. The fourth-order valence-corrected chi connectivity index (χ4v) is 1.92. The van der Waals surface area contributed by atoms with Gasteiger partial charge in [-0.3, -0.25) is 0 Å². The Kier molecular flexibility index (Phi) is 3.67. The lowest BCUT2D eigenvalue weighted by Gasteiger charge is -2.03. The first kappa shape index (κ1) is 11.3. The van der Waals surface area contributed by atoms with Gasteiger partial charge >= 0.3 is 0 Å². The van der Waals surface area contributed by atoms with E-state index in [1.807, 2.05) is 6.08 Å². The second kappa shape index (κ2) is 5.21. The smallest absolute Gasteiger partial charge is 0.133 e. The molecule has 1 aliphatic rings. The van der Waals surface area contributed by atoms with Gasteiger partial charge in [-0.25, -0.2) is 8.78 Å². The van der Waals surface area contributed by atoms with Crippen molar-refractivity contribution in [1.29, 1.82) is 0 Å². The molecule has 0 amide bonds. The summed E-state index contributed by atoms with van der Waals surface area (Å²) in [6, 6.07) is 3.72. The highest BCUT2D eigenvalue weighted by atomic mass is 19.1. The number of nitrogens with one attached hydrogen (secondary N) is 1. The van der Waals surface area contributed by atoms with E-state index < -0.39 is 11.6 Å². The van der Waals surface area contributed by atoms with Crippen LogP contribution in [0.3, 0.4) is 0 Å². The summed E-state index contributed by atoms with van der Waals surface area (Å²) in [5, 5.41) is 3.29. The summed E-state index contributed by atoms with van der Waals surface area (Å²) in [5.74, 6) is -1.01. The maximum absolute atomic E-state index is 13.4. The maximum atomic E-state index is 13.4. The van der Waals surface area contributed by atoms with Gasteiger partial charge < -0.3 is 5.32 Å². The van der Waals surface area contributed by atoms with E-state index in [1.165, 1.54) is 17.7 Å². The van der Waals surface area contributed by atoms with Crippen LogP contribution in [-0.4, -0.2) is 13.1 Å². The molecule has 2 rings (SSSR count). The van der Waals surface area contributed by atoms with Gasteiger partial charge in [0.15, 0.2) is 0 Å². The van der Waals surface area contributed by atoms with Crippen LogP contribution in [0.1, 0.15) is 24.8 Å². The molecule has 1 fully saturated rings. The highest BCUT2D eigenvalue weighted by Crippen LogP contribution is 2.19. The third kappa shape index (κ3) is 2.89. The molecule has 0 atom stereocenters. The predicted octanol–water partition coefficient (Wildman–Crippen LogP) is 3.12. The van der Waals surface area contributed by atoms with Crippen LogP contribution in [0.25, 0.3) is 6.08 Å². The Morgan fingerprint density at radius 2 is 2.00 bits per heavy atom. The average molecular weight is 223 g/mol. The maximum Gasteiger partial charge on any atom is 0.133 e. The van der Waals surface area contributed by atoms with Gasteiger partial charge in [-0.05, 0) is 44.5 Å². The summed E-state index contributed by atoms with van der Waals surface area (Å²) < 4.78 is 26.1. The molecule has 1 aliphatic heterocycles. The molecule has 0 radical (unpaired) electrons. The molecule has 0 bridgehead atoms. The number of halogens is 2. The third-order valence-corrected chi connectivity index (χ3v) is 2.80. The molecule has 16 heavy (non-hydrogen) atoms. The highest BCUT2D eigenvalue weighted by Gasteiger charge is 2.06. The fourth-order valence-electron chi connectivity index (χ4n) is 1.92. The van der Waals surface area contributed by atoms with Crippen molar-refractivity contribution in [3.63, 3.8) is 0 Å². The van der Waals surface area contributed by atoms with Crippen molar-refractivity contribution in [2.24, 2.45) is 0 Å². The Morgan fingerprint density at radius 3 is 2.81 bits per heavy atom. The molecule has 1 aromatic carbocycles. The van der Waals surface area contributed by atoms with E-state index in [0.717, 1.165) is 38.4 Å². The lowest BCUT2D eigenvalue weighted by atomic mass is 10.0. The van der Waals surface area contributed by atoms with Crippen LogP contribution in [0, 0.1) is 11.6 Å². The number of rotatable bonds is 1. The SMILES string of the molecule is Fc1ccc(/C=C2/CCCNCC2)c(F)c1. The second-order valence-corrected chi connectivity index (χ2v) is 4.07. The summed E-state index contributed by atoms with van der Waals surface area (Å²) >= 11 is 0. The van der Waals surface area contributed by atoms with E-state index in [4.69, 9.17) is 0 Å². The van der Waals surface area contributed by atoms with Gasteiger partial charge in [0.25, 0.3) is 0 Å². The highest BCUT2D eigenvalue weighted by molar-refractivity contribution is 5.53. The van der Waals surface area contributed by atoms with Crippen molar-refractivity contribution in [3.8, 4) is 0 Å². The number of benzene rings is 1. The molecular formula is C13H15F2N. The summed E-state index contributed by atoms with van der Waals surface area (Å²) in [5.41, 5.74) is 1.72. The van der Waals surface area contributed by atoms with Gasteiger partial charge in [0.05, 0.1) is 0 Å². The fraction of sp³-hybridized carbons (Fsp3) is 0.385. The van der Waals surface area contributed by atoms with Crippen LogP contribution in [0.15, 0.2) is 23.8 Å². The summed E-state index contributed by atoms with van der Waals surface area (Å²) in [4.78, 5) is 0. The first-order chi connectivity index (χ1) is 7.75. The second-order valence-electron chi connectivity index (χ2n) is 4.07. The molecule has 1 nitrogen and oxygen atoms in total. The summed E-state index contributed by atoms with van der Waals surface area (Å²) in [6.45, 7) is 1.96. The minimum Gasteiger partial charge on any atom is -0.316 e. The van der Waals surface area contributed by atoms with E-state index >= 15 is 0 Å². The topological polar surface area (TPSA) is 12.0 Å². The molecule has 0 aliphatic carbocycles. The van der Waals surface area contributed by atoms with Crippen LogP contribution in [0.4, 0.5) is 8.78 Å². The van der Waals surface area contributed by atoms with Gasteiger partial charge in [0, 0.05) is 11.6 Å². The minimum absolute atomic E-state index is 0.482. The van der Waals surface area contributed by atoms with E-state index in [-0.39, 0.29) is 0 Å². The normalized spacial score (nSPS) is 19.8. The standard InChI is InChI=1S/C13H15F2N/c14-12-4-3-11(13(15)9-12)8-10-2-1-6-16-7-5-10/h3-4,8-9,16H,1-2,5-7H2/b10-8-. The molecule has 1 N–H and O–H groups in total. The monoisotopic (exact) mass is 223 g/mol. The molecule has 1 saturated heterocycles. The van der Waals surface area contributed by atoms with E-state index in [0.29, 0.717) is 5.56 Å².